The van der Waals surface area contributed by atoms with Crippen LogP contribution in [0, 0.1) is 5.82 Å². The highest BCUT2D eigenvalue weighted by molar-refractivity contribution is 5.61. The maximum Gasteiger partial charge on any atom is 0.183 e. The molecule has 1 aliphatic heterocycles. The normalized spacial score (nSPS) is 17.3. The topological polar surface area (TPSA) is 64.1 Å². The van der Waals surface area contributed by atoms with E-state index in [2.05, 4.69) is 20.1 Å². The van der Waals surface area contributed by atoms with Crippen LogP contribution in [0.15, 0.2) is 55.2 Å². The fourth-order valence-corrected chi connectivity index (χ4v) is 3.55. The molecule has 0 radical (unpaired) electrons. The molecular weight excluding hydrogens is 333 g/mol. The fourth-order valence-electron chi connectivity index (χ4n) is 3.55. The van der Waals surface area contributed by atoms with Gasteiger partial charge in [0.25, 0.3) is 0 Å². The first kappa shape index (κ1) is 15.0. The van der Waals surface area contributed by atoms with Crippen molar-refractivity contribution in [2.75, 3.05) is 11.4 Å². The SMILES string of the molecule is Fc1cccnc1[C@H]1CCCN1c1ccn2ncc(-n3cccn3)c2n1. The van der Waals surface area contributed by atoms with E-state index in [9.17, 15) is 4.39 Å². The van der Waals surface area contributed by atoms with Gasteiger partial charge in [0.1, 0.15) is 17.3 Å². The first-order chi connectivity index (χ1) is 12.8. The summed E-state index contributed by atoms with van der Waals surface area (Å²) in [5.74, 6) is 0.519. The van der Waals surface area contributed by atoms with E-state index in [-0.39, 0.29) is 11.9 Å². The minimum absolute atomic E-state index is 0.109. The summed E-state index contributed by atoms with van der Waals surface area (Å²) in [5.41, 5.74) is 1.99. The summed E-state index contributed by atoms with van der Waals surface area (Å²) < 4.78 is 17.7. The first-order valence-corrected chi connectivity index (χ1v) is 8.53. The van der Waals surface area contributed by atoms with E-state index in [1.54, 1.807) is 33.9 Å². The van der Waals surface area contributed by atoms with Crippen LogP contribution in [0.1, 0.15) is 24.6 Å². The second-order valence-electron chi connectivity index (χ2n) is 6.26. The Morgan fingerprint density at radius 1 is 1.08 bits per heavy atom. The van der Waals surface area contributed by atoms with Crippen molar-refractivity contribution in [3.63, 3.8) is 0 Å². The number of pyridine rings is 1. The highest BCUT2D eigenvalue weighted by atomic mass is 19.1. The zero-order valence-electron chi connectivity index (χ0n) is 13.9. The fraction of sp³-hybridized carbons (Fsp3) is 0.222. The first-order valence-electron chi connectivity index (χ1n) is 8.53. The Morgan fingerprint density at radius 3 is 2.88 bits per heavy atom. The van der Waals surface area contributed by atoms with E-state index in [0.717, 1.165) is 30.9 Å². The Kier molecular flexibility index (Phi) is 3.41. The summed E-state index contributed by atoms with van der Waals surface area (Å²) in [4.78, 5) is 11.2. The average Bonchev–Trinajstić information content (AvgIpc) is 3.41. The standard InChI is InChI=1S/C18H16FN7/c19-13-4-1-7-20-17(13)14-5-2-9-24(14)16-6-11-26-18(23-16)15(12-22-26)25-10-3-8-21-25/h1,3-4,6-8,10-12,14H,2,5,9H2/t14-/m1/s1. The van der Waals surface area contributed by atoms with Gasteiger partial charge >= 0.3 is 0 Å². The van der Waals surface area contributed by atoms with E-state index in [0.29, 0.717) is 11.3 Å². The predicted molar refractivity (Wildman–Crippen MR) is 93.6 cm³/mol. The number of halogens is 1. The third-order valence-corrected chi connectivity index (χ3v) is 4.74. The summed E-state index contributed by atoms with van der Waals surface area (Å²) >= 11 is 0. The summed E-state index contributed by atoms with van der Waals surface area (Å²) in [6.45, 7) is 0.815. The number of hydrogen-bond acceptors (Lipinski definition) is 5. The van der Waals surface area contributed by atoms with Gasteiger partial charge in [-0.05, 0) is 37.1 Å². The van der Waals surface area contributed by atoms with Crippen LogP contribution in [0.3, 0.4) is 0 Å². The van der Waals surface area contributed by atoms with Gasteiger partial charge in [-0.1, -0.05) is 0 Å². The van der Waals surface area contributed by atoms with Gasteiger partial charge < -0.3 is 4.90 Å². The molecule has 0 aliphatic carbocycles. The molecule has 1 aliphatic rings. The molecule has 5 rings (SSSR count). The molecule has 7 nitrogen and oxygen atoms in total. The van der Waals surface area contributed by atoms with Crippen LogP contribution in [0.2, 0.25) is 0 Å². The second kappa shape index (κ2) is 5.91. The zero-order valence-corrected chi connectivity index (χ0v) is 13.9. The Labute approximate surface area is 148 Å². The number of rotatable bonds is 3. The van der Waals surface area contributed by atoms with Crippen molar-refractivity contribution in [1.29, 1.82) is 0 Å². The molecule has 5 heterocycles. The van der Waals surface area contributed by atoms with Crippen molar-refractivity contribution < 1.29 is 4.39 Å². The number of aromatic nitrogens is 6. The molecule has 0 saturated carbocycles. The second-order valence-corrected chi connectivity index (χ2v) is 6.26. The summed E-state index contributed by atoms with van der Waals surface area (Å²) in [6, 6.07) is 6.73. The Morgan fingerprint density at radius 2 is 2.04 bits per heavy atom. The molecule has 1 atom stereocenters. The molecule has 26 heavy (non-hydrogen) atoms. The van der Waals surface area contributed by atoms with E-state index in [4.69, 9.17) is 4.98 Å². The third kappa shape index (κ3) is 2.33. The van der Waals surface area contributed by atoms with Gasteiger partial charge in [0.2, 0.25) is 0 Å². The van der Waals surface area contributed by atoms with Crippen molar-refractivity contribution in [3.8, 4) is 5.69 Å². The summed E-state index contributed by atoms with van der Waals surface area (Å²) in [6.07, 6.45) is 10.6. The van der Waals surface area contributed by atoms with Crippen LogP contribution < -0.4 is 4.90 Å². The molecule has 4 aromatic rings. The van der Waals surface area contributed by atoms with Crippen molar-refractivity contribution in [2.24, 2.45) is 0 Å². The van der Waals surface area contributed by atoms with Gasteiger partial charge in [-0.15, -0.1) is 0 Å². The minimum Gasteiger partial charge on any atom is -0.348 e. The highest BCUT2D eigenvalue weighted by Gasteiger charge is 2.30. The monoisotopic (exact) mass is 349 g/mol. The summed E-state index contributed by atoms with van der Waals surface area (Å²) in [5, 5.41) is 8.60. The third-order valence-electron chi connectivity index (χ3n) is 4.74. The lowest BCUT2D eigenvalue weighted by Crippen LogP contribution is -2.25. The maximum absolute atomic E-state index is 14.2. The lowest BCUT2D eigenvalue weighted by Gasteiger charge is -2.25. The highest BCUT2D eigenvalue weighted by Crippen LogP contribution is 2.35. The molecule has 0 unspecified atom stereocenters. The van der Waals surface area contributed by atoms with Crippen molar-refractivity contribution >= 4 is 11.5 Å². The van der Waals surface area contributed by atoms with Crippen LogP contribution in [-0.2, 0) is 0 Å². The minimum atomic E-state index is -0.271. The molecule has 0 aromatic carbocycles. The molecule has 1 fully saturated rings. The van der Waals surface area contributed by atoms with Crippen LogP contribution >= 0.6 is 0 Å². The van der Waals surface area contributed by atoms with Crippen LogP contribution in [0.25, 0.3) is 11.3 Å². The molecule has 0 amide bonds. The van der Waals surface area contributed by atoms with Gasteiger partial charge in [0.15, 0.2) is 5.65 Å². The van der Waals surface area contributed by atoms with Gasteiger partial charge in [0, 0.05) is 31.3 Å². The molecule has 8 heteroatoms. The predicted octanol–water partition coefficient (Wildman–Crippen LogP) is 2.79. The average molecular weight is 349 g/mol. The largest absolute Gasteiger partial charge is 0.348 e. The van der Waals surface area contributed by atoms with Gasteiger partial charge in [0.05, 0.1) is 17.9 Å². The Bertz CT molecular complexity index is 1060. The van der Waals surface area contributed by atoms with E-state index >= 15 is 0 Å². The lowest BCUT2D eigenvalue weighted by molar-refractivity contribution is 0.562. The smallest absolute Gasteiger partial charge is 0.183 e. The zero-order chi connectivity index (χ0) is 17.5. The number of nitrogens with zero attached hydrogens (tertiary/aromatic N) is 7. The Hall–Kier alpha value is -3.29. The molecule has 0 N–H and O–H groups in total. The molecule has 130 valence electrons. The molecular formula is C18H16FN7. The van der Waals surface area contributed by atoms with Gasteiger partial charge in [-0.2, -0.15) is 10.2 Å². The van der Waals surface area contributed by atoms with E-state index < -0.39 is 0 Å². The van der Waals surface area contributed by atoms with Gasteiger partial charge in [-0.3, -0.25) is 4.98 Å². The van der Waals surface area contributed by atoms with Crippen LogP contribution in [-0.4, -0.2) is 35.9 Å². The quantitative estimate of drug-likeness (QED) is 0.569. The molecule has 0 bridgehead atoms. The van der Waals surface area contributed by atoms with Crippen LogP contribution in [0.5, 0.6) is 0 Å². The number of anilines is 1. The number of fused-ring (bicyclic) bond motifs is 1. The number of hydrogen-bond donors (Lipinski definition) is 0. The maximum atomic E-state index is 14.2. The molecule has 4 aromatic heterocycles. The molecule has 0 spiro atoms. The molecule has 1 saturated heterocycles. The van der Waals surface area contributed by atoms with E-state index in [1.807, 2.05) is 24.5 Å². The van der Waals surface area contributed by atoms with Crippen molar-refractivity contribution in [3.05, 3.63) is 66.8 Å². The van der Waals surface area contributed by atoms with E-state index in [1.165, 1.54) is 6.07 Å². The summed E-state index contributed by atoms with van der Waals surface area (Å²) in [7, 11) is 0. The van der Waals surface area contributed by atoms with Crippen LogP contribution in [0.4, 0.5) is 10.2 Å². The Balaban J connectivity index is 1.58. The van der Waals surface area contributed by atoms with Crippen molar-refractivity contribution in [2.45, 2.75) is 18.9 Å². The van der Waals surface area contributed by atoms with Gasteiger partial charge in [-0.25, -0.2) is 18.6 Å². The lowest BCUT2D eigenvalue weighted by atomic mass is 10.1. The van der Waals surface area contributed by atoms with Crippen molar-refractivity contribution in [1.82, 2.24) is 29.4 Å².